The number of rotatable bonds is 10. The van der Waals surface area contributed by atoms with E-state index >= 15 is 0 Å². The molecule has 1 aliphatic heterocycles. The molecule has 0 spiro atoms. The maximum atomic E-state index is 13.6. The third-order valence-corrected chi connectivity index (χ3v) is 10.3. The quantitative estimate of drug-likeness (QED) is 0.0828. The molecule has 0 aliphatic carbocycles. The van der Waals surface area contributed by atoms with E-state index in [1.54, 1.807) is 92.4 Å². The summed E-state index contributed by atoms with van der Waals surface area (Å²) in [6.07, 6.45) is 1.41. The van der Waals surface area contributed by atoms with Crippen LogP contribution in [-0.4, -0.2) is 59.7 Å². The fourth-order valence-corrected chi connectivity index (χ4v) is 7.67. The highest BCUT2D eigenvalue weighted by molar-refractivity contribution is 8.00. The highest BCUT2D eigenvalue weighted by atomic mass is 35.5. The lowest BCUT2D eigenvalue weighted by molar-refractivity contribution is -0.114. The minimum atomic E-state index is -0.654. The molecule has 3 N–H and O–H groups in total. The number of nitrogens with zero attached hydrogens (tertiary/aromatic N) is 1. The largest absolute Gasteiger partial charge is 0.465 e. The average Bonchev–Trinajstić information content (AvgIpc) is 3.47. The first-order chi connectivity index (χ1) is 25.2. The molecule has 53 heavy (non-hydrogen) atoms. The number of thiophene rings is 1. The van der Waals surface area contributed by atoms with Crippen molar-refractivity contribution < 1.29 is 33.4 Å². The van der Waals surface area contributed by atoms with Crippen LogP contribution in [0.5, 0.6) is 0 Å². The van der Waals surface area contributed by atoms with E-state index < -0.39 is 29.5 Å². The third kappa shape index (κ3) is 10.6. The Bertz CT molecular complexity index is 2080. The van der Waals surface area contributed by atoms with Gasteiger partial charge < -0.3 is 30.3 Å². The van der Waals surface area contributed by atoms with Crippen LogP contribution >= 0.6 is 46.3 Å². The van der Waals surface area contributed by atoms with E-state index in [0.717, 1.165) is 10.4 Å². The van der Waals surface area contributed by atoms with E-state index in [-0.39, 0.29) is 34.5 Å². The number of carbonyl (C=O) groups excluding carboxylic acids is 5. The maximum absolute atomic E-state index is 13.6. The smallest absolute Gasteiger partial charge is 0.410 e. The van der Waals surface area contributed by atoms with Gasteiger partial charge in [0, 0.05) is 37.6 Å². The summed E-state index contributed by atoms with van der Waals surface area (Å²) in [5, 5.41) is 9.38. The SMILES string of the molecule is COC(=O)c1c(NC(=O)CSc2cccc(NC(=O)/C(=C\c3ccc(Cl)cc3Cl)NC(=O)c3ccccc3)c2)sc2c1CCN(C(=O)OC(C)(C)C)C2. The van der Waals surface area contributed by atoms with Gasteiger partial charge >= 0.3 is 12.1 Å². The Morgan fingerprint density at radius 3 is 2.42 bits per heavy atom. The van der Waals surface area contributed by atoms with Gasteiger partial charge in [-0.25, -0.2) is 9.59 Å². The van der Waals surface area contributed by atoms with Gasteiger partial charge in [-0.1, -0.05) is 53.5 Å². The van der Waals surface area contributed by atoms with Crippen molar-refractivity contribution in [1.29, 1.82) is 0 Å². The highest BCUT2D eigenvalue weighted by Crippen LogP contribution is 2.38. The van der Waals surface area contributed by atoms with Gasteiger partial charge in [0.05, 0.1) is 25.0 Å². The number of methoxy groups -OCH3 is 1. The zero-order chi connectivity index (χ0) is 38.3. The number of thioether (sulfide) groups is 1. The monoisotopic (exact) mass is 794 g/mol. The Hall–Kier alpha value is -4.82. The molecule has 3 aromatic carbocycles. The van der Waals surface area contributed by atoms with Gasteiger partial charge in [-0.3, -0.25) is 14.4 Å². The lowest BCUT2D eigenvalue weighted by atomic mass is 10.0. The number of benzene rings is 3. The molecular weight excluding hydrogens is 759 g/mol. The molecular formula is C38H36Cl2N4O7S2. The summed E-state index contributed by atoms with van der Waals surface area (Å²) in [7, 11) is 1.28. The van der Waals surface area contributed by atoms with Crippen LogP contribution in [0, 0.1) is 0 Å². The summed E-state index contributed by atoms with van der Waals surface area (Å²) in [5.74, 6) is -2.06. The standard InChI is InChI=1S/C38H36Cl2N4O7S2/c1-38(2,3)51-37(49)44-16-15-27-30(20-44)53-35(32(27)36(48)50-4)43-31(45)21-52-26-12-8-11-25(19-26)41-34(47)29(17-23-13-14-24(39)18-28(23)40)42-33(46)22-9-6-5-7-10-22/h5-14,17-19H,15-16,20-21H2,1-4H3,(H,41,47)(H,42,46)(H,43,45)/b29-17+. The van der Waals surface area contributed by atoms with E-state index in [9.17, 15) is 24.0 Å². The van der Waals surface area contributed by atoms with Gasteiger partial charge in [0.15, 0.2) is 0 Å². The van der Waals surface area contributed by atoms with Crippen LogP contribution in [0.1, 0.15) is 57.5 Å². The van der Waals surface area contributed by atoms with Crippen LogP contribution in [0.4, 0.5) is 15.5 Å². The average molecular weight is 796 g/mol. The Morgan fingerprint density at radius 2 is 1.72 bits per heavy atom. The number of fused-ring (bicyclic) bond motifs is 1. The van der Waals surface area contributed by atoms with Gasteiger partial charge in [-0.15, -0.1) is 23.1 Å². The van der Waals surface area contributed by atoms with Crippen LogP contribution in [0.15, 0.2) is 83.4 Å². The number of esters is 1. The molecule has 0 unspecified atom stereocenters. The van der Waals surface area contributed by atoms with Crippen LogP contribution in [0.25, 0.3) is 6.08 Å². The number of ether oxygens (including phenoxy) is 2. The minimum absolute atomic E-state index is 0.0159. The summed E-state index contributed by atoms with van der Waals surface area (Å²) in [6.45, 7) is 5.97. The van der Waals surface area contributed by atoms with Gasteiger partial charge in [-0.2, -0.15) is 0 Å². The number of amides is 4. The molecule has 0 saturated carbocycles. The van der Waals surface area contributed by atoms with Gasteiger partial charge in [0.1, 0.15) is 16.3 Å². The predicted octanol–water partition coefficient (Wildman–Crippen LogP) is 8.28. The number of nitrogens with one attached hydrogen (secondary N) is 3. The first kappa shape index (κ1) is 39.4. The van der Waals surface area contributed by atoms with E-state index in [1.165, 1.54) is 42.4 Å². The van der Waals surface area contributed by atoms with Crippen LogP contribution < -0.4 is 16.0 Å². The number of carbonyl (C=O) groups is 5. The molecule has 11 nitrogen and oxygen atoms in total. The fraction of sp³-hybridized carbons (Fsp3) is 0.237. The van der Waals surface area contributed by atoms with Crippen LogP contribution in [0.3, 0.4) is 0 Å². The molecule has 0 atom stereocenters. The second-order valence-corrected chi connectivity index (χ2v) is 15.7. The van der Waals surface area contributed by atoms with E-state index in [4.69, 9.17) is 32.7 Å². The molecule has 0 bridgehead atoms. The zero-order valence-corrected chi connectivity index (χ0v) is 32.4. The van der Waals surface area contributed by atoms with Gasteiger partial charge in [-0.05, 0) is 86.9 Å². The molecule has 15 heteroatoms. The van der Waals surface area contributed by atoms with Crippen molar-refractivity contribution in [2.45, 2.75) is 44.2 Å². The second-order valence-electron chi connectivity index (χ2n) is 12.7. The number of halogens is 2. The highest BCUT2D eigenvalue weighted by Gasteiger charge is 2.32. The Balaban J connectivity index is 1.27. The van der Waals surface area contributed by atoms with Crippen LogP contribution in [0.2, 0.25) is 10.0 Å². The first-order valence-corrected chi connectivity index (χ1v) is 18.8. The molecule has 5 rings (SSSR count). The minimum Gasteiger partial charge on any atom is -0.465 e. The fourth-order valence-electron chi connectivity index (χ4n) is 5.18. The molecule has 0 fully saturated rings. The van der Waals surface area contributed by atoms with Crippen molar-refractivity contribution in [3.63, 3.8) is 0 Å². The molecule has 4 aromatic rings. The molecule has 276 valence electrons. The molecule has 1 aliphatic rings. The lowest BCUT2D eigenvalue weighted by Gasteiger charge is -2.30. The number of hydrogen-bond donors (Lipinski definition) is 3. The van der Waals surface area contributed by atoms with Crippen LogP contribution in [-0.2, 0) is 32.0 Å². The Kier molecular flexibility index (Phi) is 12.9. The van der Waals surface area contributed by atoms with Crippen molar-refractivity contribution in [1.82, 2.24) is 10.2 Å². The van der Waals surface area contributed by atoms with E-state index in [2.05, 4.69) is 16.0 Å². The van der Waals surface area contributed by atoms with Gasteiger partial charge in [0.2, 0.25) is 5.91 Å². The zero-order valence-electron chi connectivity index (χ0n) is 29.2. The summed E-state index contributed by atoms with van der Waals surface area (Å²) in [4.78, 5) is 68.3. The lowest BCUT2D eigenvalue weighted by Crippen LogP contribution is -2.39. The van der Waals surface area contributed by atoms with E-state index in [1.807, 2.05) is 0 Å². The molecule has 4 amide bonds. The van der Waals surface area contributed by atoms with Gasteiger partial charge in [0.25, 0.3) is 11.8 Å². The van der Waals surface area contributed by atoms with Crippen molar-refractivity contribution in [3.8, 4) is 0 Å². The topological polar surface area (TPSA) is 143 Å². The van der Waals surface area contributed by atoms with E-state index in [0.29, 0.717) is 44.7 Å². The molecule has 1 aromatic heterocycles. The predicted molar refractivity (Wildman–Crippen MR) is 209 cm³/mol. The first-order valence-electron chi connectivity index (χ1n) is 16.3. The Morgan fingerprint density at radius 1 is 0.962 bits per heavy atom. The number of hydrogen-bond acceptors (Lipinski definition) is 9. The number of anilines is 2. The summed E-state index contributed by atoms with van der Waals surface area (Å²) >= 11 is 14.9. The molecule has 2 heterocycles. The summed E-state index contributed by atoms with van der Waals surface area (Å²) in [5.41, 5.74) is 1.54. The van der Waals surface area contributed by atoms with Crippen molar-refractivity contribution in [2.24, 2.45) is 0 Å². The van der Waals surface area contributed by atoms with Crippen molar-refractivity contribution >= 4 is 92.8 Å². The third-order valence-electron chi connectivity index (χ3n) is 7.60. The molecule has 0 saturated heterocycles. The maximum Gasteiger partial charge on any atom is 0.410 e. The second kappa shape index (κ2) is 17.3. The van der Waals surface area contributed by atoms with Crippen molar-refractivity contribution in [3.05, 3.63) is 116 Å². The van der Waals surface area contributed by atoms with Crippen molar-refractivity contribution in [2.75, 3.05) is 30.0 Å². The summed E-state index contributed by atoms with van der Waals surface area (Å²) in [6, 6.07) is 20.1. The summed E-state index contributed by atoms with van der Waals surface area (Å²) < 4.78 is 10.6. The Labute approximate surface area is 325 Å². The normalized spacial score (nSPS) is 12.7. The molecule has 0 radical (unpaired) electrons.